The second-order valence-electron chi connectivity index (χ2n) is 6.43. The first-order chi connectivity index (χ1) is 14.4. The summed E-state index contributed by atoms with van der Waals surface area (Å²) in [7, 11) is -4.11. The molecule has 1 heterocycles. The van der Waals surface area contributed by atoms with Crippen molar-refractivity contribution in [2.75, 3.05) is 17.9 Å². The second kappa shape index (κ2) is 9.32. The zero-order valence-corrected chi connectivity index (χ0v) is 18.6. The lowest BCUT2D eigenvalue weighted by atomic mass is 10.1. The summed E-state index contributed by atoms with van der Waals surface area (Å²) >= 11 is 1.05. The molecule has 0 fully saturated rings. The highest BCUT2D eigenvalue weighted by atomic mass is 32.2. The monoisotopic (exact) mass is 445 g/mol. The minimum Gasteiger partial charge on any atom is -0.492 e. The van der Waals surface area contributed by atoms with Gasteiger partial charge in [-0.1, -0.05) is 42.0 Å². The fraction of sp³-hybridized carbons (Fsp3) is 0.227. The summed E-state index contributed by atoms with van der Waals surface area (Å²) in [6, 6.07) is 14.2. The van der Waals surface area contributed by atoms with Crippen molar-refractivity contribution < 1.29 is 22.7 Å². The Morgan fingerprint density at radius 2 is 1.73 bits per heavy atom. The molecule has 3 rings (SSSR count). The zero-order valence-electron chi connectivity index (χ0n) is 17.0. The van der Waals surface area contributed by atoms with E-state index in [-0.39, 0.29) is 16.4 Å². The van der Waals surface area contributed by atoms with Gasteiger partial charge in [-0.15, -0.1) is 11.3 Å². The van der Waals surface area contributed by atoms with Crippen LogP contribution in [0.25, 0.3) is 11.1 Å². The number of nitrogens with one attached hydrogen (secondary N) is 1. The molecular formula is C22H23NO5S2. The summed E-state index contributed by atoms with van der Waals surface area (Å²) in [6.45, 7) is 5.98. The van der Waals surface area contributed by atoms with Crippen molar-refractivity contribution in [3.8, 4) is 16.9 Å². The van der Waals surface area contributed by atoms with Crippen molar-refractivity contribution >= 4 is 33.0 Å². The van der Waals surface area contributed by atoms with Crippen LogP contribution in [0.1, 0.15) is 29.1 Å². The Morgan fingerprint density at radius 1 is 1.03 bits per heavy atom. The first kappa shape index (κ1) is 21.9. The van der Waals surface area contributed by atoms with E-state index in [1.807, 2.05) is 38.1 Å². The maximum Gasteiger partial charge on any atom is 0.349 e. The van der Waals surface area contributed by atoms with Gasteiger partial charge in [0.25, 0.3) is 10.0 Å². The van der Waals surface area contributed by atoms with Gasteiger partial charge in [0.1, 0.15) is 15.5 Å². The molecule has 0 spiro atoms. The Morgan fingerprint density at radius 3 is 2.40 bits per heavy atom. The molecule has 0 aliphatic heterocycles. The van der Waals surface area contributed by atoms with Gasteiger partial charge in [0.05, 0.1) is 18.9 Å². The lowest BCUT2D eigenvalue weighted by Gasteiger charge is -2.14. The smallest absolute Gasteiger partial charge is 0.349 e. The minimum absolute atomic E-state index is 0.0359. The molecular weight excluding hydrogens is 422 g/mol. The molecule has 0 amide bonds. The van der Waals surface area contributed by atoms with E-state index in [1.54, 1.807) is 36.6 Å². The third-order valence-electron chi connectivity index (χ3n) is 4.27. The summed E-state index contributed by atoms with van der Waals surface area (Å²) in [5, 5.41) is 1.67. The molecule has 0 saturated carbocycles. The van der Waals surface area contributed by atoms with E-state index in [4.69, 9.17) is 9.47 Å². The second-order valence-corrected chi connectivity index (χ2v) is 8.93. The number of hydrogen-bond donors (Lipinski definition) is 1. The molecule has 2 aromatic carbocycles. The number of benzene rings is 2. The van der Waals surface area contributed by atoms with E-state index < -0.39 is 16.0 Å². The Bertz CT molecular complexity index is 1130. The molecule has 0 radical (unpaired) electrons. The number of thiophene rings is 1. The van der Waals surface area contributed by atoms with E-state index in [2.05, 4.69) is 4.72 Å². The number of carbonyl (C=O) groups is 1. The number of para-hydroxylation sites is 2. The number of anilines is 1. The maximum atomic E-state index is 13.4. The van der Waals surface area contributed by atoms with Gasteiger partial charge in [-0.25, -0.2) is 13.2 Å². The van der Waals surface area contributed by atoms with Crippen LogP contribution >= 0.6 is 11.3 Å². The van der Waals surface area contributed by atoms with Crippen LogP contribution in [0.2, 0.25) is 0 Å². The number of carbonyl (C=O) groups excluding carboxylic acids is 1. The Kier molecular flexibility index (Phi) is 6.79. The highest BCUT2D eigenvalue weighted by molar-refractivity contribution is 7.93. The summed E-state index contributed by atoms with van der Waals surface area (Å²) in [4.78, 5) is 12.4. The lowest BCUT2D eigenvalue weighted by molar-refractivity contribution is 0.0528. The number of esters is 1. The molecule has 0 aliphatic carbocycles. The van der Waals surface area contributed by atoms with E-state index in [0.717, 1.165) is 16.9 Å². The molecule has 0 bridgehead atoms. The van der Waals surface area contributed by atoms with Crippen molar-refractivity contribution in [1.29, 1.82) is 0 Å². The van der Waals surface area contributed by atoms with Crippen LogP contribution in [-0.4, -0.2) is 27.6 Å². The van der Waals surface area contributed by atoms with Crippen molar-refractivity contribution in [3.05, 3.63) is 64.4 Å². The van der Waals surface area contributed by atoms with Crippen molar-refractivity contribution in [1.82, 2.24) is 0 Å². The number of sulfonamides is 1. The first-order valence-electron chi connectivity index (χ1n) is 9.47. The maximum absolute atomic E-state index is 13.4. The van der Waals surface area contributed by atoms with Crippen LogP contribution in [-0.2, 0) is 14.8 Å². The van der Waals surface area contributed by atoms with Crippen molar-refractivity contribution in [2.24, 2.45) is 0 Å². The van der Waals surface area contributed by atoms with Gasteiger partial charge in [0.15, 0.2) is 0 Å². The Balaban J connectivity index is 2.13. The number of ether oxygens (including phenoxy) is 2. The van der Waals surface area contributed by atoms with Crippen LogP contribution < -0.4 is 9.46 Å². The molecule has 6 nitrogen and oxygen atoms in total. The van der Waals surface area contributed by atoms with E-state index in [0.29, 0.717) is 29.2 Å². The zero-order chi connectivity index (χ0) is 21.7. The Hall–Kier alpha value is -2.84. The van der Waals surface area contributed by atoms with Crippen LogP contribution in [0.4, 0.5) is 5.69 Å². The van der Waals surface area contributed by atoms with Gasteiger partial charge >= 0.3 is 5.97 Å². The fourth-order valence-corrected chi connectivity index (χ4v) is 5.68. The topological polar surface area (TPSA) is 81.7 Å². The predicted molar refractivity (Wildman–Crippen MR) is 119 cm³/mol. The molecule has 30 heavy (non-hydrogen) atoms. The van der Waals surface area contributed by atoms with Crippen LogP contribution in [0.5, 0.6) is 5.75 Å². The average Bonchev–Trinajstić information content (AvgIpc) is 3.17. The van der Waals surface area contributed by atoms with E-state index in [1.165, 1.54) is 0 Å². The van der Waals surface area contributed by atoms with Crippen LogP contribution in [0.3, 0.4) is 0 Å². The quantitative estimate of drug-likeness (QED) is 0.488. The van der Waals surface area contributed by atoms with Gasteiger partial charge in [0.2, 0.25) is 0 Å². The van der Waals surface area contributed by atoms with Gasteiger partial charge < -0.3 is 9.47 Å². The molecule has 8 heteroatoms. The third-order valence-corrected chi connectivity index (χ3v) is 6.81. The largest absolute Gasteiger partial charge is 0.492 e. The summed E-state index contributed by atoms with van der Waals surface area (Å²) in [6.07, 6.45) is 0. The van der Waals surface area contributed by atoms with E-state index in [9.17, 15) is 13.2 Å². The minimum atomic E-state index is -4.11. The van der Waals surface area contributed by atoms with Crippen molar-refractivity contribution in [3.63, 3.8) is 0 Å². The van der Waals surface area contributed by atoms with Gasteiger partial charge in [-0.2, -0.15) is 0 Å². The SMILES string of the molecule is CCOC(=O)c1scc(-c2ccc(C)cc2)c1S(=O)(=O)Nc1ccccc1OCC. The molecule has 0 atom stereocenters. The normalized spacial score (nSPS) is 11.2. The van der Waals surface area contributed by atoms with Crippen LogP contribution in [0, 0.1) is 6.92 Å². The summed E-state index contributed by atoms with van der Waals surface area (Å²) < 4.78 is 40.1. The van der Waals surface area contributed by atoms with Gasteiger partial charge in [-0.05, 0) is 38.5 Å². The van der Waals surface area contributed by atoms with Crippen LogP contribution in [0.15, 0.2) is 58.8 Å². The lowest BCUT2D eigenvalue weighted by Crippen LogP contribution is -2.17. The number of aryl methyl sites for hydroxylation is 1. The molecule has 0 unspecified atom stereocenters. The van der Waals surface area contributed by atoms with E-state index >= 15 is 0 Å². The van der Waals surface area contributed by atoms with Gasteiger partial charge in [-0.3, -0.25) is 4.72 Å². The summed E-state index contributed by atoms with van der Waals surface area (Å²) in [5.74, 6) is -0.257. The average molecular weight is 446 g/mol. The molecule has 0 aliphatic rings. The first-order valence-corrected chi connectivity index (χ1v) is 11.8. The van der Waals surface area contributed by atoms with Gasteiger partial charge in [0, 0.05) is 10.9 Å². The highest BCUT2D eigenvalue weighted by Crippen LogP contribution is 2.38. The number of hydrogen-bond acceptors (Lipinski definition) is 6. The molecule has 3 aromatic rings. The molecule has 1 N–H and O–H groups in total. The highest BCUT2D eigenvalue weighted by Gasteiger charge is 2.30. The molecule has 158 valence electrons. The number of rotatable bonds is 8. The molecule has 0 saturated heterocycles. The fourth-order valence-electron chi connectivity index (χ4n) is 2.91. The van der Waals surface area contributed by atoms with Crippen molar-refractivity contribution in [2.45, 2.75) is 25.7 Å². The standard InChI is InChI=1S/C22H23NO5S2/c1-4-27-19-9-7-6-8-18(19)23-30(25,26)21-17(16-12-10-15(3)11-13-16)14-29-20(21)22(24)28-5-2/h6-14,23H,4-5H2,1-3H3. The predicted octanol–water partition coefficient (Wildman–Crippen LogP) is 5.10. The summed E-state index contributed by atoms with van der Waals surface area (Å²) in [5.41, 5.74) is 2.50. The Labute approximate surface area is 180 Å². The molecule has 1 aromatic heterocycles. The third kappa shape index (κ3) is 4.66.